The first kappa shape index (κ1) is 23.4. The molecular formula is C25H24Cl2N6O2. The molecule has 8 nitrogen and oxygen atoms in total. The summed E-state index contributed by atoms with van der Waals surface area (Å²) < 4.78 is 1.25. The second-order valence-corrected chi connectivity index (χ2v) is 9.12. The molecule has 3 heterocycles. The smallest absolute Gasteiger partial charge is 0.270 e. The highest BCUT2D eigenvalue weighted by Gasteiger charge is 2.20. The van der Waals surface area contributed by atoms with Crippen molar-refractivity contribution in [2.75, 3.05) is 42.9 Å². The van der Waals surface area contributed by atoms with Gasteiger partial charge in [-0.1, -0.05) is 36.2 Å². The number of rotatable bonds is 5. The lowest BCUT2D eigenvalue weighted by atomic mass is 10.1. The second kappa shape index (κ2) is 9.73. The van der Waals surface area contributed by atoms with Gasteiger partial charge in [0.25, 0.3) is 5.56 Å². The molecule has 35 heavy (non-hydrogen) atoms. The molecule has 2 aromatic heterocycles. The summed E-state index contributed by atoms with van der Waals surface area (Å²) in [5.41, 5.74) is 1.91. The number of benzene rings is 2. The Morgan fingerprint density at radius 1 is 1.00 bits per heavy atom. The summed E-state index contributed by atoms with van der Waals surface area (Å²) >= 11 is 12.5. The van der Waals surface area contributed by atoms with Crippen molar-refractivity contribution in [1.82, 2.24) is 19.3 Å². The number of aromatic hydroxyl groups is 1. The van der Waals surface area contributed by atoms with E-state index in [1.807, 2.05) is 12.1 Å². The summed E-state index contributed by atoms with van der Waals surface area (Å²) in [6, 6.07) is 14.6. The summed E-state index contributed by atoms with van der Waals surface area (Å²) in [7, 11) is 0. The third-order valence-corrected chi connectivity index (χ3v) is 6.87. The van der Waals surface area contributed by atoms with Gasteiger partial charge < -0.3 is 20.2 Å². The molecule has 1 saturated heterocycles. The molecule has 0 atom stereocenters. The molecule has 0 spiro atoms. The molecule has 2 N–H and O–H groups in total. The Morgan fingerprint density at radius 3 is 2.34 bits per heavy atom. The molecule has 0 unspecified atom stereocenters. The average Bonchev–Trinajstić information content (AvgIpc) is 2.86. The van der Waals surface area contributed by atoms with Crippen LogP contribution in [0.4, 0.5) is 17.2 Å². The number of hydrogen-bond acceptors (Lipinski definition) is 7. The van der Waals surface area contributed by atoms with Gasteiger partial charge in [0, 0.05) is 49.2 Å². The molecule has 2 aromatic carbocycles. The van der Waals surface area contributed by atoms with Crippen LogP contribution in [-0.2, 0) is 0 Å². The van der Waals surface area contributed by atoms with Crippen molar-refractivity contribution in [1.29, 1.82) is 0 Å². The second-order valence-electron chi connectivity index (χ2n) is 8.31. The molecule has 0 bridgehead atoms. The highest BCUT2D eigenvalue weighted by Crippen LogP contribution is 2.36. The average molecular weight is 511 g/mol. The van der Waals surface area contributed by atoms with Gasteiger partial charge in [-0.05, 0) is 42.9 Å². The summed E-state index contributed by atoms with van der Waals surface area (Å²) in [4.78, 5) is 26.5. The molecular weight excluding hydrogens is 487 g/mol. The lowest BCUT2D eigenvalue weighted by Gasteiger charge is -2.35. The molecule has 10 heteroatoms. The van der Waals surface area contributed by atoms with E-state index in [9.17, 15) is 9.90 Å². The fourth-order valence-corrected chi connectivity index (χ4v) is 4.87. The predicted molar refractivity (Wildman–Crippen MR) is 140 cm³/mol. The molecule has 0 radical (unpaired) electrons. The first-order valence-electron chi connectivity index (χ1n) is 11.3. The Hall–Kier alpha value is -3.33. The van der Waals surface area contributed by atoms with E-state index in [1.54, 1.807) is 24.3 Å². The van der Waals surface area contributed by atoms with Crippen LogP contribution in [0.1, 0.15) is 6.92 Å². The Bertz CT molecular complexity index is 1410. The first-order valence-corrected chi connectivity index (χ1v) is 12.1. The maximum absolute atomic E-state index is 13.1. The summed E-state index contributed by atoms with van der Waals surface area (Å²) in [5, 5.41) is 14.3. The van der Waals surface area contributed by atoms with E-state index in [1.165, 1.54) is 16.4 Å². The van der Waals surface area contributed by atoms with Gasteiger partial charge in [0.15, 0.2) is 0 Å². The number of likely N-dealkylation sites (N-methyl/N-ethyl adjacent to an activating group) is 1. The van der Waals surface area contributed by atoms with Crippen molar-refractivity contribution < 1.29 is 5.11 Å². The molecule has 0 aliphatic carbocycles. The molecule has 0 saturated carbocycles. The van der Waals surface area contributed by atoms with Gasteiger partial charge in [0.1, 0.15) is 23.4 Å². The number of fused-ring (bicyclic) bond motifs is 1. The van der Waals surface area contributed by atoms with Crippen LogP contribution >= 0.6 is 23.2 Å². The number of piperazine rings is 1. The van der Waals surface area contributed by atoms with E-state index in [-0.39, 0.29) is 26.8 Å². The minimum atomic E-state index is -0.519. The maximum Gasteiger partial charge on any atom is 0.270 e. The molecule has 4 aromatic rings. The Kier molecular flexibility index (Phi) is 6.51. The van der Waals surface area contributed by atoms with Gasteiger partial charge in [-0.25, -0.2) is 9.38 Å². The lowest BCUT2D eigenvalue weighted by molar-refractivity contribution is 0.271. The monoisotopic (exact) mass is 510 g/mol. The Morgan fingerprint density at radius 2 is 1.69 bits per heavy atom. The normalized spacial score (nSPS) is 14.4. The van der Waals surface area contributed by atoms with Gasteiger partial charge in [-0.3, -0.25) is 4.79 Å². The van der Waals surface area contributed by atoms with Crippen molar-refractivity contribution in [3.63, 3.8) is 0 Å². The first-order chi connectivity index (χ1) is 16.9. The van der Waals surface area contributed by atoms with Gasteiger partial charge in [0.2, 0.25) is 5.88 Å². The fourth-order valence-electron chi connectivity index (χ4n) is 4.28. The molecule has 0 amide bonds. The van der Waals surface area contributed by atoms with E-state index in [0.29, 0.717) is 5.82 Å². The van der Waals surface area contributed by atoms with Crippen LogP contribution in [0, 0.1) is 0 Å². The van der Waals surface area contributed by atoms with Crippen LogP contribution in [-0.4, -0.2) is 57.1 Å². The quantitative estimate of drug-likeness (QED) is 0.403. The van der Waals surface area contributed by atoms with Crippen molar-refractivity contribution in [3.8, 4) is 17.0 Å². The van der Waals surface area contributed by atoms with Crippen LogP contribution in [0.2, 0.25) is 10.0 Å². The largest absolute Gasteiger partial charge is 0.493 e. The number of hydrogen-bond donors (Lipinski definition) is 2. The van der Waals surface area contributed by atoms with Crippen LogP contribution in [0.15, 0.2) is 59.7 Å². The lowest BCUT2D eigenvalue weighted by Crippen LogP contribution is -2.46. The van der Waals surface area contributed by atoms with Crippen molar-refractivity contribution in [3.05, 3.63) is 75.3 Å². The number of halogens is 2. The van der Waals surface area contributed by atoms with E-state index >= 15 is 0 Å². The van der Waals surface area contributed by atoms with Crippen molar-refractivity contribution >= 4 is 46.0 Å². The number of nitrogens with one attached hydrogen (secondary N) is 1. The summed E-state index contributed by atoms with van der Waals surface area (Å²) in [6.07, 6.45) is 1.36. The Balaban J connectivity index is 1.39. The molecule has 180 valence electrons. The zero-order valence-electron chi connectivity index (χ0n) is 19.1. The zero-order chi connectivity index (χ0) is 24.5. The minimum absolute atomic E-state index is 0.0732. The van der Waals surface area contributed by atoms with Crippen LogP contribution in [0.3, 0.4) is 0 Å². The third-order valence-electron chi connectivity index (χ3n) is 6.24. The summed E-state index contributed by atoms with van der Waals surface area (Å²) in [5.74, 6) is 0.0406. The number of anilines is 3. The van der Waals surface area contributed by atoms with Gasteiger partial charge in [-0.15, -0.1) is 0 Å². The van der Waals surface area contributed by atoms with Crippen LogP contribution < -0.4 is 15.8 Å². The van der Waals surface area contributed by atoms with E-state index in [4.69, 9.17) is 23.2 Å². The summed E-state index contributed by atoms with van der Waals surface area (Å²) in [6.45, 7) is 7.44. The predicted octanol–water partition coefficient (Wildman–Crippen LogP) is 4.65. The number of nitrogens with zero attached hydrogens (tertiary/aromatic N) is 5. The highest BCUT2D eigenvalue weighted by molar-refractivity contribution is 6.39. The van der Waals surface area contributed by atoms with Gasteiger partial charge in [-0.2, -0.15) is 4.98 Å². The SMILES string of the molecule is CCN1CCN(c2ccc(Nc3cc4nc(O)c(-c5c(Cl)cccc5Cl)c(=O)n4cn3)cc2)CC1. The standard InChI is InChI=1S/C25H24Cl2N6O2/c1-2-31-10-12-32(13-11-31)17-8-6-16(7-9-17)29-20-14-21-30-24(34)23(25(35)33(21)15-28-20)22-18(26)4-3-5-19(22)27/h3-9,14-15,29,34H,2,10-13H2,1H3. The van der Waals surface area contributed by atoms with Crippen LogP contribution in [0.5, 0.6) is 5.88 Å². The van der Waals surface area contributed by atoms with E-state index in [0.717, 1.165) is 38.4 Å². The number of aromatic nitrogens is 3. The fraction of sp³-hybridized carbons (Fsp3) is 0.240. The van der Waals surface area contributed by atoms with Crippen molar-refractivity contribution in [2.45, 2.75) is 6.92 Å². The maximum atomic E-state index is 13.1. The molecule has 1 fully saturated rings. The van der Waals surface area contributed by atoms with Gasteiger partial charge in [0.05, 0.1) is 10.0 Å². The Labute approximate surface area is 212 Å². The zero-order valence-corrected chi connectivity index (χ0v) is 20.6. The third kappa shape index (κ3) is 4.65. The molecule has 5 rings (SSSR count). The minimum Gasteiger partial charge on any atom is -0.493 e. The van der Waals surface area contributed by atoms with E-state index in [2.05, 4.69) is 44.1 Å². The molecule has 1 aliphatic rings. The topological polar surface area (TPSA) is 86.0 Å². The van der Waals surface area contributed by atoms with Crippen LogP contribution in [0.25, 0.3) is 16.8 Å². The van der Waals surface area contributed by atoms with Crippen molar-refractivity contribution in [2.24, 2.45) is 0 Å². The molecule has 1 aliphatic heterocycles. The highest BCUT2D eigenvalue weighted by atomic mass is 35.5. The van der Waals surface area contributed by atoms with Gasteiger partial charge >= 0.3 is 0 Å². The van der Waals surface area contributed by atoms with E-state index < -0.39 is 11.4 Å².